The molecule has 23 heavy (non-hydrogen) atoms. The molecule has 5 nitrogen and oxygen atoms in total. The van der Waals surface area contributed by atoms with Gasteiger partial charge < -0.3 is 14.4 Å². The molecule has 0 saturated heterocycles. The quantitative estimate of drug-likeness (QED) is 0.739. The van der Waals surface area contributed by atoms with Crippen LogP contribution >= 0.6 is 11.3 Å². The van der Waals surface area contributed by atoms with E-state index in [0.717, 1.165) is 36.1 Å². The van der Waals surface area contributed by atoms with Crippen molar-refractivity contribution < 1.29 is 9.47 Å². The molecule has 0 aliphatic carbocycles. The summed E-state index contributed by atoms with van der Waals surface area (Å²) in [5.41, 5.74) is 3.32. The first kappa shape index (κ1) is 14.3. The number of hydrogen-bond donors (Lipinski definition) is 0. The smallest absolute Gasteiger partial charge is 0.162 e. The third-order valence-electron chi connectivity index (χ3n) is 4.27. The molecule has 0 atom stereocenters. The van der Waals surface area contributed by atoms with E-state index in [-0.39, 0.29) is 0 Å². The van der Waals surface area contributed by atoms with E-state index in [1.807, 2.05) is 29.7 Å². The van der Waals surface area contributed by atoms with Crippen LogP contribution in [0.5, 0.6) is 11.5 Å². The standard InChI is InChI=1S/C17H17N3O2S/c1-21-15-7-12-13(8-16(15)22-2)19-18-9-14(12)20-5-3-17-11(10-20)4-6-23-17/h4,6-9H,3,5,10H2,1-2H3. The number of benzene rings is 1. The minimum Gasteiger partial charge on any atom is -0.493 e. The van der Waals surface area contributed by atoms with E-state index in [0.29, 0.717) is 11.5 Å². The fourth-order valence-electron chi connectivity index (χ4n) is 3.08. The van der Waals surface area contributed by atoms with Crippen LogP contribution in [0.1, 0.15) is 10.4 Å². The first-order valence-corrected chi connectivity index (χ1v) is 8.35. The first-order chi connectivity index (χ1) is 11.3. The molecule has 3 aromatic rings. The summed E-state index contributed by atoms with van der Waals surface area (Å²) in [5.74, 6) is 1.38. The average molecular weight is 327 g/mol. The third kappa shape index (κ3) is 2.39. The highest BCUT2D eigenvalue weighted by Gasteiger charge is 2.20. The summed E-state index contributed by atoms with van der Waals surface area (Å²) in [4.78, 5) is 3.85. The number of anilines is 1. The zero-order valence-corrected chi connectivity index (χ0v) is 13.9. The van der Waals surface area contributed by atoms with E-state index in [2.05, 4.69) is 26.5 Å². The molecule has 0 unspecified atom stereocenters. The number of methoxy groups -OCH3 is 2. The summed E-state index contributed by atoms with van der Waals surface area (Å²) in [5, 5.41) is 11.6. The molecule has 118 valence electrons. The Labute approximate surface area is 138 Å². The zero-order chi connectivity index (χ0) is 15.8. The predicted octanol–water partition coefficient (Wildman–Crippen LogP) is 3.27. The van der Waals surface area contributed by atoms with Crippen LogP contribution in [-0.2, 0) is 13.0 Å². The van der Waals surface area contributed by atoms with Gasteiger partial charge in [-0.05, 0) is 29.5 Å². The molecule has 1 aliphatic heterocycles. The van der Waals surface area contributed by atoms with Crippen molar-refractivity contribution in [3.8, 4) is 11.5 Å². The van der Waals surface area contributed by atoms with E-state index < -0.39 is 0 Å². The van der Waals surface area contributed by atoms with Crippen LogP contribution in [0, 0.1) is 0 Å². The van der Waals surface area contributed by atoms with Gasteiger partial charge in [0.15, 0.2) is 11.5 Å². The van der Waals surface area contributed by atoms with Crippen LogP contribution in [-0.4, -0.2) is 31.0 Å². The molecule has 0 amide bonds. The number of rotatable bonds is 3. The van der Waals surface area contributed by atoms with Crippen molar-refractivity contribution in [1.29, 1.82) is 0 Å². The molecule has 2 aromatic heterocycles. The molecule has 0 radical (unpaired) electrons. The van der Waals surface area contributed by atoms with Crippen molar-refractivity contribution in [2.75, 3.05) is 25.7 Å². The van der Waals surface area contributed by atoms with Gasteiger partial charge in [-0.25, -0.2) is 0 Å². The molecule has 0 fully saturated rings. The Kier molecular flexibility index (Phi) is 3.53. The minimum absolute atomic E-state index is 0.671. The number of ether oxygens (including phenoxy) is 2. The molecule has 0 saturated carbocycles. The summed E-state index contributed by atoms with van der Waals surface area (Å²) in [7, 11) is 3.28. The van der Waals surface area contributed by atoms with Crippen molar-refractivity contribution in [1.82, 2.24) is 10.2 Å². The fourth-order valence-corrected chi connectivity index (χ4v) is 3.97. The van der Waals surface area contributed by atoms with Gasteiger partial charge in [0.25, 0.3) is 0 Å². The molecule has 3 heterocycles. The SMILES string of the molecule is COc1cc2nncc(N3CCc4sccc4C3)c2cc1OC. The van der Waals surface area contributed by atoms with Gasteiger partial charge in [0.2, 0.25) is 0 Å². The maximum absolute atomic E-state index is 5.44. The largest absolute Gasteiger partial charge is 0.493 e. The molecular formula is C17H17N3O2S. The van der Waals surface area contributed by atoms with Crippen molar-refractivity contribution >= 4 is 27.9 Å². The summed E-state index contributed by atoms with van der Waals surface area (Å²) in [6.07, 6.45) is 2.91. The Morgan fingerprint density at radius 3 is 2.83 bits per heavy atom. The number of thiophene rings is 1. The average Bonchev–Trinajstić information content (AvgIpc) is 3.07. The molecule has 1 aromatic carbocycles. The first-order valence-electron chi connectivity index (χ1n) is 7.47. The Balaban J connectivity index is 1.81. The van der Waals surface area contributed by atoms with Gasteiger partial charge >= 0.3 is 0 Å². The molecule has 4 rings (SSSR count). The minimum atomic E-state index is 0.671. The van der Waals surface area contributed by atoms with E-state index in [1.54, 1.807) is 14.2 Å². The Bertz CT molecular complexity index is 862. The Morgan fingerprint density at radius 2 is 2.00 bits per heavy atom. The van der Waals surface area contributed by atoms with Crippen molar-refractivity contribution in [2.45, 2.75) is 13.0 Å². The molecule has 0 bridgehead atoms. The van der Waals surface area contributed by atoms with Crippen LogP contribution < -0.4 is 14.4 Å². The fraction of sp³-hybridized carbons (Fsp3) is 0.294. The van der Waals surface area contributed by atoms with Gasteiger partial charge in [0, 0.05) is 29.4 Å². The molecular weight excluding hydrogens is 310 g/mol. The normalized spacial score (nSPS) is 13.9. The van der Waals surface area contributed by atoms with Gasteiger partial charge in [0.1, 0.15) is 0 Å². The number of aromatic nitrogens is 2. The maximum Gasteiger partial charge on any atom is 0.162 e. The summed E-state index contributed by atoms with van der Waals surface area (Å²) in [6.45, 7) is 1.90. The third-order valence-corrected chi connectivity index (χ3v) is 5.29. The zero-order valence-electron chi connectivity index (χ0n) is 13.1. The van der Waals surface area contributed by atoms with Crippen LogP contribution in [0.4, 0.5) is 5.69 Å². The molecule has 6 heteroatoms. The topological polar surface area (TPSA) is 47.5 Å². The van der Waals surface area contributed by atoms with E-state index in [4.69, 9.17) is 9.47 Å². The summed E-state index contributed by atoms with van der Waals surface area (Å²) in [6, 6.07) is 6.08. The van der Waals surface area contributed by atoms with Gasteiger partial charge in [-0.1, -0.05) is 0 Å². The maximum atomic E-state index is 5.44. The van der Waals surface area contributed by atoms with Crippen LogP contribution in [0.25, 0.3) is 10.9 Å². The van der Waals surface area contributed by atoms with Crippen molar-refractivity contribution in [3.63, 3.8) is 0 Å². The highest BCUT2D eigenvalue weighted by atomic mass is 32.1. The van der Waals surface area contributed by atoms with Gasteiger partial charge in [-0.3, -0.25) is 0 Å². The second-order valence-corrected chi connectivity index (χ2v) is 6.50. The highest BCUT2D eigenvalue weighted by Crippen LogP contribution is 2.37. The number of nitrogens with zero attached hydrogens (tertiary/aromatic N) is 3. The van der Waals surface area contributed by atoms with Crippen molar-refractivity contribution in [2.24, 2.45) is 0 Å². The Hall–Kier alpha value is -2.34. The molecule has 0 spiro atoms. The number of hydrogen-bond acceptors (Lipinski definition) is 6. The Morgan fingerprint density at radius 1 is 1.17 bits per heavy atom. The van der Waals surface area contributed by atoms with E-state index in [1.165, 1.54) is 10.4 Å². The summed E-state index contributed by atoms with van der Waals surface area (Å²) >= 11 is 1.85. The second-order valence-electron chi connectivity index (χ2n) is 5.49. The van der Waals surface area contributed by atoms with Gasteiger partial charge in [-0.2, -0.15) is 10.2 Å². The lowest BCUT2D eigenvalue weighted by molar-refractivity contribution is 0.355. The predicted molar refractivity (Wildman–Crippen MR) is 91.7 cm³/mol. The number of fused-ring (bicyclic) bond motifs is 2. The monoisotopic (exact) mass is 327 g/mol. The van der Waals surface area contributed by atoms with Crippen LogP contribution in [0.3, 0.4) is 0 Å². The van der Waals surface area contributed by atoms with Gasteiger partial charge in [-0.15, -0.1) is 11.3 Å². The van der Waals surface area contributed by atoms with E-state index in [9.17, 15) is 0 Å². The van der Waals surface area contributed by atoms with Crippen molar-refractivity contribution in [3.05, 3.63) is 40.2 Å². The van der Waals surface area contributed by atoms with Gasteiger partial charge in [0.05, 0.1) is 31.6 Å². The van der Waals surface area contributed by atoms with E-state index >= 15 is 0 Å². The van der Waals surface area contributed by atoms with Crippen LogP contribution in [0.15, 0.2) is 29.8 Å². The van der Waals surface area contributed by atoms with Crippen LogP contribution in [0.2, 0.25) is 0 Å². The highest BCUT2D eigenvalue weighted by molar-refractivity contribution is 7.10. The lowest BCUT2D eigenvalue weighted by atomic mass is 10.1. The second kappa shape index (κ2) is 5.70. The lowest BCUT2D eigenvalue weighted by Crippen LogP contribution is -2.29. The summed E-state index contributed by atoms with van der Waals surface area (Å²) < 4.78 is 10.8. The molecule has 0 N–H and O–H groups in total. The lowest BCUT2D eigenvalue weighted by Gasteiger charge is -2.29. The molecule has 1 aliphatic rings.